The van der Waals surface area contributed by atoms with Crippen molar-refractivity contribution in [3.8, 4) is 0 Å². The van der Waals surface area contributed by atoms with Crippen LogP contribution >= 0.6 is 23.1 Å². The van der Waals surface area contributed by atoms with Crippen LogP contribution in [0.3, 0.4) is 0 Å². The summed E-state index contributed by atoms with van der Waals surface area (Å²) in [4.78, 5) is 22.0. The van der Waals surface area contributed by atoms with Crippen LogP contribution in [-0.4, -0.2) is 27.7 Å². The minimum Gasteiger partial charge on any atom is -0.430 e. The van der Waals surface area contributed by atoms with Crippen LogP contribution in [0.5, 0.6) is 0 Å². The normalized spacial score (nSPS) is 12.4. The molecule has 3 aromatic heterocycles. The van der Waals surface area contributed by atoms with Gasteiger partial charge in [0.15, 0.2) is 11.2 Å². The first-order valence-corrected chi connectivity index (χ1v) is 9.08. The molecule has 0 aliphatic rings. The van der Waals surface area contributed by atoms with Crippen LogP contribution in [0.2, 0.25) is 0 Å². The molecule has 1 atom stereocenters. The van der Waals surface area contributed by atoms with Crippen molar-refractivity contribution in [2.24, 2.45) is 0 Å². The van der Waals surface area contributed by atoms with Gasteiger partial charge in [0.2, 0.25) is 5.91 Å². The lowest BCUT2D eigenvalue weighted by molar-refractivity contribution is -0.120. The average Bonchev–Trinajstić information content (AvgIpc) is 3.15. The number of carbonyl (C=O) groups excluding carboxylic acids is 1. The lowest BCUT2D eigenvalue weighted by Gasteiger charge is -2.09. The molecule has 0 saturated carbocycles. The molecule has 3 heterocycles. The Hall–Kier alpha value is -1.86. The van der Waals surface area contributed by atoms with Gasteiger partial charge in [0.1, 0.15) is 0 Å². The number of rotatable bonds is 6. The molecule has 120 valence electrons. The molecule has 0 aliphatic heterocycles. The first-order chi connectivity index (χ1) is 11.1. The zero-order valence-electron chi connectivity index (χ0n) is 12.9. The molecular weight excluding hydrogens is 330 g/mol. The van der Waals surface area contributed by atoms with Gasteiger partial charge in [-0.05, 0) is 43.8 Å². The predicted octanol–water partition coefficient (Wildman–Crippen LogP) is 3.43. The lowest BCUT2D eigenvalue weighted by atomic mass is 10.3. The summed E-state index contributed by atoms with van der Waals surface area (Å²) in [6.45, 7) is 4.39. The van der Waals surface area contributed by atoms with Crippen molar-refractivity contribution >= 4 is 40.2 Å². The molecule has 0 fully saturated rings. The summed E-state index contributed by atoms with van der Waals surface area (Å²) in [7, 11) is 0. The van der Waals surface area contributed by atoms with Gasteiger partial charge < -0.3 is 9.73 Å². The van der Waals surface area contributed by atoms with Gasteiger partial charge in [0, 0.05) is 17.1 Å². The van der Waals surface area contributed by atoms with Crippen LogP contribution in [0.25, 0.3) is 11.2 Å². The van der Waals surface area contributed by atoms with Gasteiger partial charge in [-0.2, -0.15) is 4.98 Å². The Morgan fingerprint density at radius 3 is 3.04 bits per heavy atom. The Morgan fingerprint density at radius 1 is 1.39 bits per heavy atom. The number of carbonyl (C=O) groups is 1. The summed E-state index contributed by atoms with van der Waals surface area (Å²) in [5, 5.41) is 5.19. The van der Waals surface area contributed by atoms with E-state index >= 15 is 0 Å². The number of thiophene rings is 1. The maximum atomic E-state index is 12.1. The van der Waals surface area contributed by atoms with E-state index in [4.69, 9.17) is 4.42 Å². The summed E-state index contributed by atoms with van der Waals surface area (Å²) >= 11 is 3.00. The van der Waals surface area contributed by atoms with Crippen molar-refractivity contribution in [2.45, 2.75) is 30.7 Å². The number of amides is 1. The van der Waals surface area contributed by atoms with Crippen LogP contribution in [-0.2, 0) is 11.2 Å². The maximum absolute atomic E-state index is 12.1. The maximum Gasteiger partial charge on any atom is 0.259 e. The number of nitrogens with one attached hydrogen (secondary N) is 1. The molecule has 0 unspecified atom stereocenters. The molecule has 3 rings (SSSR count). The highest BCUT2D eigenvalue weighted by Gasteiger charge is 2.18. The van der Waals surface area contributed by atoms with Gasteiger partial charge in [-0.1, -0.05) is 17.8 Å². The molecule has 5 nitrogen and oxygen atoms in total. The van der Waals surface area contributed by atoms with Crippen LogP contribution in [0.4, 0.5) is 0 Å². The van der Waals surface area contributed by atoms with Crippen molar-refractivity contribution in [3.05, 3.63) is 40.2 Å². The molecule has 0 bridgehead atoms. The van der Waals surface area contributed by atoms with Crippen molar-refractivity contribution in [1.29, 1.82) is 0 Å². The number of aryl methyl sites for hydroxylation is 1. The Morgan fingerprint density at radius 2 is 2.26 bits per heavy atom. The Balaban J connectivity index is 1.54. The highest BCUT2D eigenvalue weighted by atomic mass is 32.2. The van der Waals surface area contributed by atoms with E-state index in [-0.39, 0.29) is 11.2 Å². The van der Waals surface area contributed by atoms with Crippen LogP contribution in [0.15, 0.2) is 39.3 Å². The third kappa shape index (κ3) is 4.11. The quantitative estimate of drug-likeness (QED) is 0.692. The second-order valence-electron chi connectivity index (χ2n) is 5.13. The molecule has 23 heavy (non-hydrogen) atoms. The van der Waals surface area contributed by atoms with Crippen molar-refractivity contribution in [2.75, 3.05) is 6.54 Å². The SMILES string of the molecule is Cc1ccc2oc(S[C@@H](C)C(=O)NCCc3cccs3)nc2n1. The molecule has 1 amide bonds. The molecule has 0 saturated heterocycles. The number of pyridine rings is 1. The van der Waals surface area contributed by atoms with Gasteiger partial charge in [-0.3, -0.25) is 4.79 Å². The summed E-state index contributed by atoms with van der Waals surface area (Å²) in [6, 6.07) is 7.81. The fourth-order valence-corrected chi connectivity index (χ4v) is 3.53. The number of nitrogens with zero attached hydrogens (tertiary/aromatic N) is 2. The Kier molecular flexibility index (Phi) is 4.97. The van der Waals surface area contributed by atoms with E-state index in [0.29, 0.717) is 23.0 Å². The standard InChI is InChI=1S/C16H17N3O2S2/c1-10-5-6-13-14(18-10)19-16(21-13)23-11(2)15(20)17-8-7-12-4-3-9-22-12/h3-6,9,11H,7-8H2,1-2H3,(H,17,20)/t11-/m0/s1. The third-order valence-electron chi connectivity index (χ3n) is 3.27. The van der Waals surface area contributed by atoms with Gasteiger partial charge in [-0.15, -0.1) is 11.3 Å². The minimum absolute atomic E-state index is 0.0158. The largest absolute Gasteiger partial charge is 0.430 e. The summed E-state index contributed by atoms with van der Waals surface area (Å²) in [5.41, 5.74) is 2.11. The number of aromatic nitrogens is 2. The lowest BCUT2D eigenvalue weighted by Crippen LogP contribution is -2.32. The summed E-state index contributed by atoms with van der Waals surface area (Å²) in [6.07, 6.45) is 0.854. The number of fused-ring (bicyclic) bond motifs is 1. The minimum atomic E-state index is -0.271. The fourth-order valence-electron chi connectivity index (χ4n) is 2.06. The van der Waals surface area contributed by atoms with Crippen LogP contribution < -0.4 is 5.32 Å². The smallest absolute Gasteiger partial charge is 0.259 e. The predicted molar refractivity (Wildman–Crippen MR) is 92.9 cm³/mol. The van der Waals surface area contributed by atoms with E-state index in [1.165, 1.54) is 16.6 Å². The first-order valence-electron chi connectivity index (χ1n) is 7.33. The second kappa shape index (κ2) is 7.14. The average molecular weight is 347 g/mol. The molecule has 0 aliphatic carbocycles. The third-order valence-corrected chi connectivity index (χ3v) is 5.15. The van der Waals surface area contributed by atoms with Crippen molar-refractivity contribution in [1.82, 2.24) is 15.3 Å². The van der Waals surface area contributed by atoms with Crippen molar-refractivity contribution < 1.29 is 9.21 Å². The Labute approximate surface area is 142 Å². The highest BCUT2D eigenvalue weighted by Crippen LogP contribution is 2.26. The summed E-state index contributed by atoms with van der Waals surface area (Å²) in [5.74, 6) is -0.0158. The zero-order valence-corrected chi connectivity index (χ0v) is 14.5. The van der Waals surface area contributed by atoms with Gasteiger partial charge in [-0.25, -0.2) is 4.98 Å². The van der Waals surface area contributed by atoms with E-state index in [1.807, 2.05) is 37.4 Å². The topological polar surface area (TPSA) is 68.0 Å². The molecule has 0 spiro atoms. The van der Waals surface area contributed by atoms with Crippen LogP contribution in [0, 0.1) is 6.92 Å². The van der Waals surface area contributed by atoms with E-state index in [1.54, 1.807) is 11.3 Å². The van der Waals surface area contributed by atoms with E-state index in [0.717, 1.165) is 12.1 Å². The molecule has 1 N–H and O–H groups in total. The molecular formula is C16H17N3O2S2. The summed E-state index contributed by atoms with van der Waals surface area (Å²) < 4.78 is 5.62. The van der Waals surface area contributed by atoms with Crippen molar-refractivity contribution in [3.63, 3.8) is 0 Å². The molecule has 7 heteroatoms. The molecule has 0 aromatic carbocycles. The second-order valence-corrected chi connectivity index (χ2v) is 7.46. The van der Waals surface area contributed by atoms with Gasteiger partial charge in [0.05, 0.1) is 5.25 Å². The number of hydrogen-bond acceptors (Lipinski definition) is 6. The number of hydrogen-bond donors (Lipinski definition) is 1. The Bertz CT molecular complexity index is 799. The first kappa shape index (κ1) is 16.0. The van der Waals surface area contributed by atoms with Crippen LogP contribution in [0.1, 0.15) is 17.5 Å². The monoisotopic (exact) mass is 347 g/mol. The van der Waals surface area contributed by atoms with E-state index in [9.17, 15) is 4.79 Å². The van der Waals surface area contributed by atoms with Gasteiger partial charge in [0.25, 0.3) is 5.22 Å². The highest BCUT2D eigenvalue weighted by molar-refractivity contribution is 8.00. The van der Waals surface area contributed by atoms with Gasteiger partial charge >= 0.3 is 0 Å². The fraction of sp³-hybridized carbons (Fsp3) is 0.312. The molecule has 0 radical (unpaired) electrons. The number of oxazole rings is 1. The zero-order chi connectivity index (χ0) is 16.2. The number of thioether (sulfide) groups is 1. The van der Waals surface area contributed by atoms with E-state index in [2.05, 4.69) is 21.4 Å². The molecule has 3 aromatic rings. The van der Waals surface area contributed by atoms with E-state index < -0.39 is 0 Å².